The number of hydrogen-bond acceptors (Lipinski definition) is 2. The summed E-state index contributed by atoms with van der Waals surface area (Å²) < 4.78 is 0. The summed E-state index contributed by atoms with van der Waals surface area (Å²) >= 11 is 0. The van der Waals surface area contributed by atoms with E-state index in [1.807, 2.05) is 12.1 Å². The highest BCUT2D eigenvalue weighted by molar-refractivity contribution is 5.54. The first-order valence-corrected chi connectivity index (χ1v) is 4.79. The molecule has 1 aliphatic rings. The predicted molar refractivity (Wildman–Crippen MR) is 56.5 cm³/mol. The Morgan fingerprint density at radius 3 is 3.14 bits per heavy atom. The number of nitriles is 1. The molecular weight excluding hydrogens is 172 g/mol. The fraction of sp³-hybridized carbons (Fsp3) is 0.250. The summed E-state index contributed by atoms with van der Waals surface area (Å²) in [5, 5.41) is 11.8. The van der Waals surface area contributed by atoms with Crippen LogP contribution in [0.3, 0.4) is 0 Å². The van der Waals surface area contributed by atoms with E-state index in [0.717, 1.165) is 25.1 Å². The predicted octanol–water partition coefficient (Wildman–Crippen LogP) is 1.87. The Hall–Kier alpha value is -1.59. The summed E-state index contributed by atoms with van der Waals surface area (Å²) in [7, 11) is 0. The molecule has 2 rings (SSSR count). The maximum absolute atomic E-state index is 8.42. The molecule has 1 aromatic carbocycles. The summed E-state index contributed by atoms with van der Waals surface area (Å²) in [5.74, 6) is 0. The van der Waals surface area contributed by atoms with Gasteiger partial charge < -0.3 is 5.32 Å². The number of fused-ring (bicyclic) bond motifs is 1. The molecule has 0 atom stereocenters. The molecule has 0 unspecified atom stereocenters. The van der Waals surface area contributed by atoms with E-state index in [0.29, 0.717) is 0 Å². The Bertz CT molecular complexity index is 399. The zero-order valence-corrected chi connectivity index (χ0v) is 7.96. The van der Waals surface area contributed by atoms with Crippen LogP contribution in [0.15, 0.2) is 24.3 Å². The zero-order valence-electron chi connectivity index (χ0n) is 7.96. The zero-order chi connectivity index (χ0) is 9.80. The lowest BCUT2D eigenvalue weighted by Gasteiger charge is -2.17. The van der Waals surface area contributed by atoms with Gasteiger partial charge in [-0.3, -0.25) is 0 Å². The summed E-state index contributed by atoms with van der Waals surface area (Å²) in [6.07, 6.45) is 4.45. The number of nitrogens with zero attached hydrogens (tertiary/aromatic N) is 1. The quantitative estimate of drug-likeness (QED) is 0.676. The van der Waals surface area contributed by atoms with E-state index in [4.69, 9.17) is 5.26 Å². The summed E-state index contributed by atoms with van der Waals surface area (Å²) in [4.78, 5) is 0. The highest BCUT2D eigenvalue weighted by Gasteiger charge is 2.07. The second kappa shape index (κ2) is 4.08. The van der Waals surface area contributed by atoms with Gasteiger partial charge in [0.05, 0.1) is 6.07 Å². The van der Waals surface area contributed by atoms with E-state index in [2.05, 4.69) is 23.5 Å². The summed E-state index contributed by atoms with van der Waals surface area (Å²) in [5.41, 5.74) is 3.90. The lowest BCUT2D eigenvalue weighted by Crippen LogP contribution is -2.23. The molecule has 0 spiro atoms. The van der Waals surface area contributed by atoms with Gasteiger partial charge in [0.25, 0.3) is 0 Å². The van der Waals surface area contributed by atoms with Crippen molar-refractivity contribution in [2.45, 2.75) is 13.0 Å². The van der Waals surface area contributed by atoms with Crippen LogP contribution < -0.4 is 5.32 Å². The lowest BCUT2D eigenvalue weighted by molar-refractivity contribution is 0.643. The lowest BCUT2D eigenvalue weighted by atomic mass is 9.98. The van der Waals surface area contributed by atoms with Gasteiger partial charge in [-0.25, -0.2) is 0 Å². The summed E-state index contributed by atoms with van der Waals surface area (Å²) in [6, 6.07) is 8.37. The van der Waals surface area contributed by atoms with Gasteiger partial charge in [0.1, 0.15) is 0 Å². The third-order valence-corrected chi connectivity index (χ3v) is 2.47. The van der Waals surface area contributed by atoms with Gasteiger partial charge in [-0.15, -0.1) is 0 Å². The van der Waals surface area contributed by atoms with E-state index in [1.54, 1.807) is 0 Å². The van der Waals surface area contributed by atoms with E-state index >= 15 is 0 Å². The van der Waals surface area contributed by atoms with E-state index in [-0.39, 0.29) is 0 Å². The molecule has 0 bridgehead atoms. The maximum Gasteiger partial charge on any atom is 0.0912 e. The van der Waals surface area contributed by atoms with Crippen LogP contribution >= 0.6 is 0 Å². The van der Waals surface area contributed by atoms with Gasteiger partial charge in [0.15, 0.2) is 0 Å². The number of allylic oxidation sites excluding steroid dienone is 1. The smallest absolute Gasteiger partial charge is 0.0912 e. The van der Waals surface area contributed by atoms with Crippen LogP contribution in [0, 0.1) is 11.3 Å². The van der Waals surface area contributed by atoms with Crippen LogP contribution in [0.2, 0.25) is 0 Å². The highest BCUT2D eigenvalue weighted by Crippen LogP contribution is 2.16. The average Bonchev–Trinajstić information content (AvgIpc) is 2.26. The van der Waals surface area contributed by atoms with E-state index in [1.165, 1.54) is 17.2 Å². The molecule has 2 heteroatoms. The topological polar surface area (TPSA) is 35.8 Å². The molecule has 0 saturated carbocycles. The van der Waals surface area contributed by atoms with Gasteiger partial charge in [-0.1, -0.05) is 18.2 Å². The van der Waals surface area contributed by atoms with Crippen molar-refractivity contribution < 1.29 is 0 Å². The van der Waals surface area contributed by atoms with Crippen LogP contribution in [0.5, 0.6) is 0 Å². The molecule has 1 N–H and O–H groups in total. The van der Waals surface area contributed by atoms with Gasteiger partial charge in [-0.05, 0) is 35.7 Å². The third-order valence-electron chi connectivity index (χ3n) is 2.47. The largest absolute Gasteiger partial charge is 0.312 e. The number of nitrogens with one attached hydrogen (secondary N) is 1. The Morgan fingerprint density at radius 2 is 2.29 bits per heavy atom. The van der Waals surface area contributed by atoms with Gasteiger partial charge in [-0.2, -0.15) is 5.26 Å². The van der Waals surface area contributed by atoms with Gasteiger partial charge >= 0.3 is 0 Å². The van der Waals surface area contributed by atoms with Crippen LogP contribution in [-0.2, 0) is 13.0 Å². The molecule has 70 valence electrons. The number of rotatable bonds is 1. The molecule has 14 heavy (non-hydrogen) atoms. The number of benzene rings is 1. The SMILES string of the molecule is N#CC=Cc1ccc2c(c1)CCNC2. The third kappa shape index (κ3) is 1.84. The maximum atomic E-state index is 8.42. The van der Waals surface area contributed by atoms with Crippen molar-refractivity contribution in [2.24, 2.45) is 0 Å². The Balaban J connectivity index is 2.30. The molecule has 0 fully saturated rings. The first-order valence-electron chi connectivity index (χ1n) is 4.79. The highest BCUT2D eigenvalue weighted by atomic mass is 14.9. The van der Waals surface area contributed by atoms with Crippen molar-refractivity contribution in [3.63, 3.8) is 0 Å². The van der Waals surface area contributed by atoms with Crippen molar-refractivity contribution in [3.8, 4) is 6.07 Å². The molecule has 1 aromatic rings. The van der Waals surface area contributed by atoms with Gasteiger partial charge in [0, 0.05) is 12.6 Å². The summed E-state index contributed by atoms with van der Waals surface area (Å²) in [6.45, 7) is 2.02. The van der Waals surface area contributed by atoms with Crippen molar-refractivity contribution in [2.75, 3.05) is 6.54 Å². The Morgan fingerprint density at radius 1 is 1.36 bits per heavy atom. The monoisotopic (exact) mass is 184 g/mol. The molecule has 1 aliphatic heterocycles. The van der Waals surface area contributed by atoms with Crippen LogP contribution in [-0.4, -0.2) is 6.54 Å². The normalized spacial score (nSPS) is 15.1. The molecule has 0 aliphatic carbocycles. The minimum absolute atomic E-state index is 0.970. The van der Waals surface area contributed by atoms with Crippen molar-refractivity contribution in [3.05, 3.63) is 41.0 Å². The standard InChI is InChI=1S/C12H12N2/c13-6-1-2-10-3-4-12-9-14-7-5-11(12)8-10/h1-4,8,14H,5,7,9H2. The van der Waals surface area contributed by atoms with Gasteiger partial charge in [0.2, 0.25) is 0 Å². The van der Waals surface area contributed by atoms with Crippen molar-refractivity contribution in [1.29, 1.82) is 5.26 Å². The molecule has 0 saturated heterocycles. The van der Waals surface area contributed by atoms with E-state index < -0.39 is 0 Å². The average molecular weight is 184 g/mol. The molecule has 0 aromatic heterocycles. The minimum atomic E-state index is 0.970. The number of hydrogen-bond donors (Lipinski definition) is 1. The van der Waals surface area contributed by atoms with Crippen LogP contribution in [0.4, 0.5) is 0 Å². The second-order valence-electron chi connectivity index (χ2n) is 3.42. The Labute approximate surface area is 83.9 Å². The molecule has 0 amide bonds. The van der Waals surface area contributed by atoms with Crippen molar-refractivity contribution >= 4 is 6.08 Å². The second-order valence-corrected chi connectivity index (χ2v) is 3.42. The van der Waals surface area contributed by atoms with E-state index in [9.17, 15) is 0 Å². The molecular formula is C12H12N2. The van der Waals surface area contributed by atoms with Crippen molar-refractivity contribution in [1.82, 2.24) is 5.32 Å². The molecule has 1 heterocycles. The first kappa shape index (κ1) is 8.98. The fourth-order valence-electron chi connectivity index (χ4n) is 1.73. The first-order chi connectivity index (χ1) is 6.90. The molecule has 2 nitrogen and oxygen atoms in total. The fourth-order valence-corrected chi connectivity index (χ4v) is 1.73. The Kier molecular flexibility index (Phi) is 2.62. The minimum Gasteiger partial charge on any atom is -0.312 e. The van der Waals surface area contributed by atoms with Crippen LogP contribution in [0.1, 0.15) is 16.7 Å². The van der Waals surface area contributed by atoms with Crippen LogP contribution in [0.25, 0.3) is 6.08 Å². The molecule has 0 radical (unpaired) electrons.